The molecule has 4 heteroatoms. The van der Waals surface area contributed by atoms with Gasteiger partial charge in [-0.1, -0.05) is 30.3 Å². The molecule has 0 radical (unpaired) electrons. The summed E-state index contributed by atoms with van der Waals surface area (Å²) >= 11 is 0. The molecule has 0 aliphatic carbocycles. The molecule has 0 bridgehead atoms. The summed E-state index contributed by atoms with van der Waals surface area (Å²) in [4.78, 5) is 0. The van der Waals surface area contributed by atoms with E-state index in [0.29, 0.717) is 6.54 Å². The molecule has 2 aromatic carbocycles. The topological polar surface area (TPSA) is 50.7 Å². The van der Waals surface area contributed by atoms with Crippen LogP contribution in [-0.4, -0.2) is 25.4 Å². The standard InChI is InChI=1S/C18H23NO3/c1-13(18(20)15-7-5-4-6-8-15)19-12-14-9-16(21-2)11-17(10-14)22-3/h4-11,13,18-20H,12H2,1-3H3/t13-,18+/m0/s1. The van der Waals surface area contributed by atoms with Gasteiger partial charge < -0.3 is 19.9 Å². The molecule has 2 atom stereocenters. The highest BCUT2D eigenvalue weighted by Crippen LogP contribution is 2.23. The quantitative estimate of drug-likeness (QED) is 0.825. The van der Waals surface area contributed by atoms with Crippen molar-refractivity contribution in [2.24, 2.45) is 0 Å². The Hall–Kier alpha value is -2.04. The lowest BCUT2D eigenvalue weighted by molar-refractivity contribution is 0.135. The molecule has 0 unspecified atom stereocenters. The van der Waals surface area contributed by atoms with Crippen LogP contribution in [0.15, 0.2) is 48.5 Å². The van der Waals surface area contributed by atoms with Gasteiger partial charge in [0.2, 0.25) is 0 Å². The highest BCUT2D eigenvalue weighted by molar-refractivity contribution is 5.38. The number of methoxy groups -OCH3 is 2. The van der Waals surface area contributed by atoms with Gasteiger partial charge in [0.25, 0.3) is 0 Å². The zero-order valence-corrected chi connectivity index (χ0v) is 13.2. The second-order valence-electron chi connectivity index (χ2n) is 5.25. The molecule has 0 fully saturated rings. The minimum atomic E-state index is -0.547. The molecule has 4 nitrogen and oxygen atoms in total. The predicted molar refractivity (Wildman–Crippen MR) is 87.2 cm³/mol. The van der Waals surface area contributed by atoms with E-state index in [-0.39, 0.29) is 6.04 Å². The van der Waals surface area contributed by atoms with Gasteiger partial charge in [0, 0.05) is 18.7 Å². The van der Waals surface area contributed by atoms with Gasteiger partial charge in [-0.3, -0.25) is 0 Å². The molecule has 0 aliphatic rings. The molecule has 0 aliphatic heterocycles. The van der Waals surface area contributed by atoms with Gasteiger partial charge in [-0.2, -0.15) is 0 Å². The first-order valence-electron chi connectivity index (χ1n) is 7.32. The molecule has 22 heavy (non-hydrogen) atoms. The first kappa shape index (κ1) is 16.3. The zero-order chi connectivity index (χ0) is 15.9. The average molecular weight is 301 g/mol. The number of aliphatic hydroxyl groups is 1. The van der Waals surface area contributed by atoms with Crippen molar-refractivity contribution in [3.05, 3.63) is 59.7 Å². The lowest BCUT2D eigenvalue weighted by Gasteiger charge is -2.21. The van der Waals surface area contributed by atoms with Gasteiger partial charge in [-0.25, -0.2) is 0 Å². The Morgan fingerprint density at radius 2 is 1.59 bits per heavy atom. The Labute approximate surface area is 131 Å². The highest BCUT2D eigenvalue weighted by Gasteiger charge is 2.15. The van der Waals surface area contributed by atoms with E-state index in [1.54, 1.807) is 14.2 Å². The van der Waals surface area contributed by atoms with Crippen molar-refractivity contribution < 1.29 is 14.6 Å². The second kappa shape index (κ2) is 7.82. The molecule has 2 aromatic rings. The Balaban J connectivity index is 2.00. The van der Waals surface area contributed by atoms with Gasteiger partial charge in [0.15, 0.2) is 0 Å². The maximum absolute atomic E-state index is 10.4. The van der Waals surface area contributed by atoms with Crippen molar-refractivity contribution in [2.75, 3.05) is 14.2 Å². The lowest BCUT2D eigenvalue weighted by Crippen LogP contribution is -2.31. The Morgan fingerprint density at radius 1 is 1.00 bits per heavy atom. The Bertz CT molecular complexity index is 564. The first-order chi connectivity index (χ1) is 10.6. The summed E-state index contributed by atoms with van der Waals surface area (Å²) < 4.78 is 10.5. The normalized spacial score (nSPS) is 13.5. The van der Waals surface area contributed by atoms with E-state index in [2.05, 4.69) is 5.32 Å². The third-order valence-electron chi connectivity index (χ3n) is 3.65. The fraction of sp³-hybridized carbons (Fsp3) is 0.333. The van der Waals surface area contributed by atoms with Gasteiger partial charge in [-0.05, 0) is 30.2 Å². The van der Waals surface area contributed by atoms with Gasteiger partial charge in [0.05, 0.1) is 20.3 Å². The molecule has 0 saturated carbocycles. The fourth-order valence-electron chi connectivity index (χ4n) is 2.30. The lowest BCUT2D eigenvalue weighted by atomic mass is 10.0. The minimum Gasteiger partial charge on any atom is -0.497 e. The van der Waals surface area contributed by atoms with E-state index in [4.69, 9.17) is 9.47 Å². The van der Waals surface area contributed by atoms with Crippen LogP contribution < -0.4 is 14.8 Å². The number of ether oxygens (including phenoxy) is 2. The SMILES string of the molecule is COc1cc(CN[C@@H](C)[C@@H](O)c2ccccc2)cc(OC)c1. The molecule has 0 saturated heterocycles. The summed E-state index contributed by atoms with van der Waals surface area (Å²) in [6, 6.07) is 15.3. The maximum Gasteiger partial charge on any atom is 0.122 e. The predicted octanol–water partition coefficient (Wildman–Crippen LogP) is 2.92. The van der Waals surface area contributed by atoms with Crippen LogP contribution >= 0.6 is 0 Å². The van der Waals surface area contributed by atoms with Gasteiger partial charge in [0.1, 0.15) is 11.5 Å². The largest absolute Gasteiger partial charge is 0.497 e. The van der Waals surface area contributed by atoms with Crippen molar-refractivity contribution in [3.63, 3.8) is 0 Å². The summed E-state index contributed by atoms with van der Waals surface area (Å²) in [6.07, 6.45) is -0.547. The number of hydrogen-bond acceptors (Lipinski definition) is 4. The summed E-state index contributed by atoms with van der Waals surface area (Å²) in [5.74, 6) is 1.51. The molecular formula is C18H23NO3. The average Bonchev–Trinajstić information content (AvgIpc) is 2.59. The molecular weight excluding hydrogens is 278 g/mol. The van der Waals surface area contributed by atoms with E-state index < -0.39 is 6.10 Å². The zero-order valence-electron chi connectivity index (χ0n) is 13.2. The van der Waals surface area contributed by atoms with Crippen LogP contribution in [0.3, 0.4) is 0 Å². The van der Waals surface area contributed by atoms with Gasteiger partial charge >= 0.3 is 0 Å². The van der Waals surface area contributed by atoms with E-state index in [1.807, 2.05) is 55.5 Å². The molecule has 2 rings (SSSR count). The number of benzene rings is 2. The van der Waals surface area contributed by atoms with Crippen molar-refractivity contribution in [3.8, 4) is 11.5 Å². The number of rotatable bonds is 7. The minimum absolute atomic E-state index is 0.0698. The van der Waals surface area contributed by atoms with E-state index in [1.165, 1.54) is 0 Å². The first-order valence-corrected chi connectivity index (χ1v) is 7.32. The fourth-order valence-corrected chi connectivity index (χ4v) is 2.30. The maximum atomic E-state index is 10.4. The van der Waals surface area contributed by atoms with Crippen LogP contribution in [0.1, 0.15) is 24.2 Å². The molecule has 118 valence electrons. The summed E-state index contributed by atoms with van der Waals surface area (Å²) in [5.41, 5.74) is 1.95. The number of hydrogen-bond donors (Lipinski definition) is 2. The second-order valence-corrected chi connectivity index (χ2v) is 5.25. The van der Waals surface area contributed by atoms with E-state index in [0.717, 1.165) is 22.6 Å². The molecule has 0 amide bonds. The Kier molecular flexibility index (Phi) is 5.81. The van der Waals surface area contributed by atoms with Gasteiger partial charge in [-0.15, -0.1) is 0 Å². The third-order valence-corrected chi connectivity index (χ3v) is 3.65. The molecule has 0 aromatic heterocycles. The van der Waals surface area contributed by atoms with Crippen LogP contribution in [0.5, 0.6) is 11.5 Å². The van der Waals surface area contributed by atoms with Crippen LogP contribution in [0.4, 0.5) is 0 Å². The third kappa shape index (κ3) is 4.23. The monoisotopic (exact) mass is 301 g/mol. The summed E-state index contributed by atoms with van der Waals surface area (Å²) in [6.45, 7) is 2.59. The summed E-state index contributed by atoms with van der Waals surface area (Å²) in [7, 11) is 3.27. The highest BCUT2D eigenvalue weighted by atomic mass is 16.5. The van der Waals surface area contributed by atoms with Crippen LogP contribution in [0.2, 0.25) is 0 Å². The summed E-state index contributed by atoms with van der Waals surface area (Å²) in [5, 5.41) is 13.7. The van der Waals surface area contributed by atoms with Crippen molar-refractivity contribution in [1.82, 2.24) is 5.32 Å². The van der Waals surface area contributed by atoms with Crippen molar-refractivity contribution in [2.45, 2.75) is 25.6 Å². The molecule has 2 N–H and O–H groups in total. The van der Waals surface area contributed by atoms with Crippen molar-refractivity contribution >= 4 is 0 Å². The van der Waals surface area contributed by atoms with Crippen LogP contribution in [0.25, 0.3) is 0 Å². The van der Waals surface area contributed by atoms with E-state index >= 15 is 0 Å². The molecule has 0 heterocycles. The van der Waals surface area contributed by atoms with Crippen LogP contribution in [0, 0.1) is 0 Å². The Morgan fingerprint density at radius 3 is 2.14 bits per heavy atom. The van der Waals surface area contributed by atoms with Crippen LogP contribution in [-0.2, 0) is 6.54 Å². The van der Waals surface area contributed by atoms with Crippen molar-refractivity contribution in [1.29, 1.82) is 0 Å². The van der Waals surface area contributed by atoms with E-state index in [9.17, 15) is 5.11 Å². The number of aliphatic hydroxyl groups excluding tert-OH is 1. The number of nitrogens with one attached hydrogen (secondary N) is 1. The smallest absolute Gasteiger partial charge is 0.122 e. The molecule has 0 spiro atoms.